The predicted octanol–water partition coefficient (Wildman–Crippen LogP) is 39.9. The third kappa shape index (κ3) is 48.3. The zero-order valence-corrected chi connectivity index (χ0v) is 85.6. The van der Waals surface area contributed by atoms with Gasteiger partial charge in [-0.15, -0.1) is 0 Å². The highest BCUT2D eigenvalue weighted by atomic mass is 16.4. The highest BCUT2D eigenvalue weighted by molar-refractivity contribution is 5.87. The van der Waals surface area contributed by atoms with Crippen molar-refractivity contribution in [1.82, 2.24) is 0 Å². The van der Waals surface area contributed by atoms with Crippen LogP contribution in [0.4, 0.5) is 0 Å². The topological polar surface area (TPSA) is 37.3 Å². The Morgan fingerprint density at radius 1 is 0.188 bits per heavy atom. The van der Waals surface area contributed by atoms with Crippen LogP contribution in [0.3, 0.4) is 0 Å². The molecule has 0 amide bonds. The van der Waals surface area contributed by atoms with E-state index in [0.717, 1.165) is 124 Å². The van der Waals surface area contributed by atoms with Crippen molar-refractivity contribution in [3.05, 3.63) is 35.4 Å². The first-order chi connectivity index (χ1) is 56.5. The van der Waals surface area contributed by atoms with E-state index in [0.29, 0.717) is 35.2 Å². The molecule has 0 aliphatic carbocycles. The summed E-state index contributed by atoms with van der Waals surface area (Å²) in [7, 11) is 0. The third-order valence-corrected chi connectivity index (χ3v) is 34.4. The molecule has 0 aromatic heterocycles. The lowest BCUT2D eigenvalue weighted by molar-refractivity contribution is 0.0696. The summed E-state index contributed by atoms with van der Waals surface area (Å²) in [6.45, 7) is 68.3. The van der Waals surface area contributed by atoms with Crippen LogP contribution < -0.4 is 0 Å². The lowest BCUT2D eigenvalue weighted by Crippen LogP contribution is -2.27. The Labute approximate surface area is 740 Å². The highest BCUT2D eigenvalue weighted by Crippen LogP contribution is 2.50. The first-order valence-electron chi connectivity index (χ1n) is 54.8. The van der Waals surface area contributed by atoms with Crippen LogP contribution in [0.5, 0.6) is 0 Å². The second kappa shape index (κ2) is 70.8. The number of carboxylic acids is 1. The van der Waals surface area contributed by atoms with Crippen LogP contribution in [0.1, 0.15) is 562 Å². The van der Waals surface area contributed by atoms with Gasteiger partial charge in [0.25, 0.3) is 0 Å². The Balaban J connectivity index is 5.53. The van der Waals surface area contributed by atoms with Crippen molar-refractivity contribution in [2.45, 2.75) is 546 Å². The maximum atomic E-state index is 13.4. The van der Waals surface area contributed by atoms with Crippen molar-refractivity contribution in [2.75, 3.05) is 0 Å². The van der Waals surface area contributed by atoms with Crippen LogP contribution in [0.15, 0.2) is 24.3 Å². The predicted molar refractivity (Wildman–Crippen MR) is 531 cm³/mol. The molecule has 1 N–H and O–H groups in total. The third-order valence-electron chi connectivity index (χ3n) is 34.4. The van der Waals surface area contributed by atoms with Gasteiger partial charge in [0, 0.05) is 0 Å². The highest BCUT2D eigenvalue weighted by Gasteiger charge is 2.37. The summed E-state index contributed by atoms with van der Waals surface area (Å²) in [4.78, 5) is 13.4. The van der Waals surface area contributed by atoms with E-state index in [1.165, 1.54) is 359 Å². The van der Waals surface area contributed by atoms with Gasteiger partial charge in [-0.3, -0.25) is 0 Å². The van der Waals surface area contributed by atoms with Gasteiger partial charge in [-0.2, -0.15) is 0 Å². The summed E-state index contributed by atoms with van der Waals surface area (Å²) in [5.41, 5.74) is 1.96. The first-order valence-corrected chi connectivity index (χ1v) is 54.8. The molecular weight excluding hydrogens is 1410 g/mol. The van der Waals surface area contributed by atoms with Gasteiger partial charge in [0.15, 0.2) is 0 Å². The Kier molecular flexibility index (Phi) is 68.8. The molecule has 0 bridgehead atoms. The molecule has 0 heterocycles. The van der Waals surface area contributed by atoms with E-state index in [9.17, 15) is 9.90 Å². The number of rotatable bonds is 82. The van der Waals surface area contributed by atoms with Crippen molar-refractivity contribution in [1.29, 1.82) is 0 Å². The van der Waals surface area contributed by atoms with Gasteiger partial charge in [0.2, 0.25) is 0 Å². The quantitative estimate of drug-likeness (QED) is 0.0660. The summed E-state index contributed by atoms with van der Waals surface area (Å²) in [6, 6.07) is 9.05. The van der Waals surface area contributed by atoms with Gasteiger partial charge < -0.3 is 5.11 Å². The van der Waals surface area contributed by atoms with Crippen LogP contribution >= 0.6 is 0 Å². The van der Waals surface area contributed by atoms with Crippen molar-refractivity contribution >= 4 is 5.97 Å². The van der Waals surface area contributed by atoms with Crippen LogP contribution in [-0.4, -0.2) is 11.1 Å². The lowest BCUT2D eigenvalue weighted by atomic mass is 9.67. The molecular formula is C115H222O2. The molecule has 694 valence electrons. The second-order valence-electron chi connectivity index (χ2n) is 42.3. The van der Waals surface area contributed by atoms with E-state index in [1.807, 2.05) is 0 Å². The Bertz CT molecular complexity index is 2060. The molecule has 0 radical (unpaired) electrons. The summed E-state index contributed by atoms with van der Waals surface area (Å²) < 4.78 is 0. The molecule has 117 heavy (non-hydrogen) atoms. The molecule has 0 aliphatic rings. The fraction of sp³-hybridized carbons (Fsp3) is 0.939. The molecule has 2 nitrogen and oxygen atoms in total. The van der Waals surface area contributed by atoms with Gasteiger partial charge in [-0.05, 0) is 332 Å². The van der Waals surface area contributed by atoms with E-state index >= 15 is 0 Å². The van der Waals surface area contributed by atoms with Crippen molar-refractivity contribution < 1.29 is 9.90 Å². The number of carboxylic acid groups (broad SMARTS) is 1. The summed E-state index contributed by atoms with van der Waals surface area (Å²) in [6.07, 6.45) is 74.7. The largest absolute Gasteiger partial charge is 0.478 e. The van der Waals surface area contributed by atoms with Crippen molar-refractivity contribution in [3.63, 3.8) is 0 Å². The standard InChI is InChI=1S/C115H222O2/c1-28-55-56-57-100(62-87(29-2)30-3)75-107(76-101(63-88(31-4)32-5)64-89(33-6)34-7)82-110(81-106(73-98(51-24)52-25)74-99(53-26)54-27)85-114(112-58-60-113(61-59-112)115(116)117)86-111(83-108(77-102(65-90(35-8)36-9)66-91(37-10)38-11)78-103(67-92(39-12)40-13)68-93(41-14)42-15)84-109(79-104(69-94(43-16)44-17)70-95(45-18)46-19)80-105(71-96(47-20)48-21)72-97(49-22)50-23/h58-61,87-111,114H,28-57,62-86H2,1-27H3,(H,116,117). The van der Waals surface area contributed by atoms with E-state index in [1.54, 1.807) is 0 Å². The van der Waals surface area contributed by atoms with Gasteiger partial charge in [-0.25, -0.2) is 4.79 Å². The number of benzene rings is 1. The van der Waals surface area contributed by atoms with E-state index < -0.39 is 5.97 Å². The maximum absolute atomic E-state index is 13.4. The molecule has 1 rings (SSSR count). The van der Waals surface area contributed by atoms with Crippen molar-refractivity contribution in [2.24, 2.45) is 148 Å². The molecule has 0 saturated carbocycles. The fourth-order valence-corrected chi connectivity index (χ4v) is 25.2. The van der Waals surface area contributed by atoms with Crippen LogP contribution in [0.2, 0.25) is 0 Å². The van der Waals surface area contributed by atoms with Crippen LogP contribution in [0.25, 0.3) is 0 Å². The van der Waals surface area contributed by atoms with E-state index in [4.69, 9.17) is 0 Å². The number of aromatic carboxylic acids is 1. The average molecular weight is 1640 g/mol. The molecule has 0 fully saturated rings. The SMILES string of the molecule is CCCCCC(CC(CC)CC)CC(CC(CC(CC)CC)CC(CC)CC)CC(CC(CC(CC)CC)CC(CC)CC)CC(CC(CC(CC(CC(CC)CC)CC(CC)CC)CC(CC(CC)CC)CC(CC)CC)CC(CC(CC(CC)CC)CC(CC)CC)CC(CC(CC)CC)CC(CC)CC)c1ccc(C(=O)O)cc1. The molecule has 0 aliphatic heterocycles. The van der Waals surface area contributed by atoms with Gasteiger partial charge in [0.1, 0.15) is 0 Å². The minimum absolute atomic E-state index is 0.381. The monoisotopic (exact) mass is 1640 g/mol. The molecule has 2 heteroatoms. The lowest BCUT2D eigenvalue weighted by Gasteiger charge is -2.39. The number of unbranched alkanes of at least 4 members (excludes halogenated alkanes) is 2. The van der Waals surface area contributed by atoms with E-state index in [-0.39, 0.29) is 0 Å². The maximum Gasteiger partial charge on any atom is 0.335 e. The Morgan fingerprint density at radius 2 is 0.325 bits per heavy atom. The number of carbonyl (C=O) groups is 1. The molecule has 1 aromatic rings. The number of hydrogen-bond acceptors (Lipinski definition) is 1. The number of hydrogen-bond donors (Lipinski definition) is 1. The molecule has 4 atom stereocenters. The van der Waals surface area contributed by atoms with Gasteiger partial charge in [0.05, 0.1) is 5.56 Å². The van der Waals surface area contributed by atoms with Crippen LogP contribution in [-0.2, 0) is 0 Å². The van der Waals surface area contributed by atoms with Gasteiger partial charge >= 0.3 is 5.97 Å². The Hall–Kier alpha value is -1.31. The molecule has 1 aromatic carbocycles. The molecule has 0 saturated heterocycles. The summed E-state index contributed by atoms with van der Waals surface area (Å²) in [5.74, 6) is 18.8. The minimum atomic E-state index is -0.772. The summed E-state index contributed by atoms with van der Waals surface area (Å²) >= 11 is 0. The van der Waals surface area contributed by atoms with Crippen molar-refractivity contribution in [3.8, 4) is 0 Å². The minimum Gasteiger partial charge on any atom is -0.478 e. The zero-order valence-electron chi connectivity index (χ0n) is 85.6. The van der Waals surface area contributed by atoms with Crippen LogP contribution in [0, 0.1) is 148 Å². The van der Waals surface area contributed by atoms with Gasteiger partial charge in [-0.1, -0.05) is 392 Å². The zero-order chi connectivity index (χ0) is 87.5. The van der Waals surface area contributed by atoms with E-state index in [2.05, 4.69) is 211 Å². The average Bonchev–Trinajstić information content (AvgIpc) is 0.830. The summed E-state index contributed by atoms with van der Waals surface area (Å²) in [5, 5.41) is 11.0. The fourth-order valence-electron chi connectivity index (χ4n) is 25.2. The molecule has 4 unspecified atom stereocenters. The molecule has 0 spiro atoms. The first kappa shape index (κ1) is 114. The Morgan fingerprint density at radius 3 is 0.470 bits per heavy atom. The smallest absolute Gasteiger partial charge is 0.335 e. The second-order valence-corrected chi connectivity index (χ2v) is 42.3. The normalized spacial score (nSPS) is 14.0.